The molecule has 2 aromatic rings. The van der Waals surface area contributed by atoms with Gasteiger partial charge >= 0.3 is 5.97 Å². The number of rotatable bonds is 7. The van der Waals surface area contributed by atoms with Crippen molar-refractivity contribution in [3.63, 3.8) is 0 Å². The van der Waals surface area contributed by atoms with Crippen LogP contribution >= 0.6 is 0 Å². The van der Waals surface area contributed by atoms with Crippen molar-refractivity contribution < 1.29 is 14.7 Å². The van der Waals surface area contributed by atoms with Gasteiger partial charge in [-0.25, -0.2) is 9.78 Å². The van der Waals surface area contributed by atoms with Crippen LogP contribution in [0.1, 0.15) is 115 Å². The molecule has 4 fully saturated rings. The summed E-state index contributed by atoms with van der Waals surface area (Å²) in [6, 6.07) is 6.39. The zero-order valence-corrected chi connectivity index (χ0v) is 19.4. The van der Waals surface area contributed by atoms with Crippen LogP contribution in [0, 0.1) is 11.3 Å². The van der Waals surface area contributed by atoms with Gasteiger partial charge in [0, 0.05) is 17.3 Å². The molecule has 176 valence electrons. The van der Waals surface area contributed by atoms with Crippen LogP contribution in [0.4, 0.5) is 5.69 Å². The fourth-order valence-corrected chi connectivity index (χ4v) is 6.39. The SMILES string of the molecule is O=C(O)c1cccc(NC(=O)c2nc(C3CCCCC3)[nH]c2CCC23CCC(CC2)CC3)c1. The van der Waals surface area contributed by atoms with Crippen molar-refractivity contribution in [2.45, 2.75) is 89.4 Å². The first-order valence-corrected chi connectivity index (χ1v) is 12.7. The largest absolute Gasteiger partial charge is 0.478 e. The third-order valence-electron chi connectivity index (χ3n) is 8.53. The van der Waals surface area contributed by atoms with Gasteiger partial charge in [-0.15, -0.1) is 0 Å². The molecule has 6 rings (SSSR count). The second kappa shape index (κ2) is 9.32. The van der Waals surface area contributed by atoms with Crippen molar-refractivity contribution >= 4 is 17.6 Å². The van der Waals surface area contributed by atoms with E-state index in [9.17, 15) is 14.7 Å². The van der Waals surface area contributed by atoms with E-state index < -0.39 is 5.97 Å². The number of aromatic carboxylic acids is 1. The summed E-state index contributed by atoms with van der Waals surface area (Å²) in [5.74, 6) is 1.04. The highest BCUT2D eigenvalue weighted by Crippen LogP contribution is 2.52. The monoisotopic (exact) mass is 449 g/mol. The lowest BCUT2D eigenvalue weighted by atomic mass is 9.59. The number of nitrogens with zero attached hydrogens (tertiary/aromatic N) is 1. The number of anilines is 1. The summed E-state index contributed by atoms with van der Waals surface area (Å²) < 4.78 is 0. The summed E-state index contributed by atoms with van der Waals surface area (Å²) in [7, 11) is 0. The Kier molecular flexibility index (Phi) is 6.26. The molecule has 1 amide bonds. The summed E-state index contributed by atoms with van der Waals surface area (Å²) in [5.41, 5.74) is 2.51. The molecule has 2 bridgehead atoms. The highest BCUT2D eigenvalue weighted by atomic mass is 16.4. The number of aromatic nitrogens is 2. The van der Waals surface area contributed by atoms with Gasteiger partial charge in [-0.1, -0.05) is 25.3 Å². The number of fused-ring (bicyclic) bond motifs is 3. The van der Waals surface area contributed by atoms with Crippen molar-refractivity contribution in [3.8, 4) is 0 Å². The van der Waals surface area contributed by atoms with Gasteiger partial charge < -0.3 is 15.4 Å². The maximum absolute atomic E-state index is 13.3. The molecule has 4 aliphatic rings. The number of carbonyl (C=O) groups excluding carboxylic acids is 1. The average molecular weight is 450 g/mol. The molecule has 0 radical (unpaired) electrons. The number of amides is 1. The first-order valence-electron chi connectivity index (χ1n) is 12.7. The molecule has 4 aliphatic carbocycles. The summed E-state index contributed by atoms with van der Waals surface area (Å²) in [4.78, 5) is 33.0. The van der Waals surface area contributed by atoms with E-state index in [-0.39, 0.29) is 11.5 Å². The second-order valence-corrected chi connectivity index (χ2v) is 10.6. The number of carboxylic acids is 1. The average Bonchev–Trinajstić information content (AvgIpc) is 3.29. The van der Waals surface area contributed by atoms with Gasteiger partial charge in [-0.05, 0) is 93.7 Å². The van der Waals surface area contributed by atoms with E-state index >= 15 is 0 Å². The molecule has 0 atom stereocenters. The van der Waals surface area contributed by atoms with Crippen molar-refractivity contribution in [2.24, 2.45) is 11.3 Å². The Bertz CT molecular complexity index is 1000. The molecule has 6 heteroatoms. The first-order chi connectivity index (χ1) is 16.0. The Morgan fingerprint density at radius 1 is 1.06 bits per heavy atom. The van der Waals surface area contributed by atoms with E-state index in [4.69, 9.17) is 4.98 Å². The van der Waals surface area contributed by atoms with Crippen LogP contribution in [0.5, 0.6) is 0 Å². The lowest BCUT2D eigenvalue weighted by Crippen LogP contribution is -2.34. The smallest absolute Gasteiger partial charge is 0.335 e. The molecule has 0 saturated heterocycles. The molecule has 1 heterocycles. The standard InChI is InChI=1S/C27H35N3O3/c31-25(28-21-8-4-7-20(17-21)26(32)33)23-22(29-24(30-23)19-5-2-1-3-6-19)12-16-27-13-9-18(10-14-27)11-15-27/h4,7-8,17-19H,1-3,5-6,9-16H2,(H,28,31)(H,29,30)(H,32,33). The van der Waals surface area contributed by atoms with Gasteiger partial charge in [0.1, 0.15) is 11.5 Å². The zero-order chi connectivity index (χ0) is 22.8. The summed E-state index contributed by atoms with van der Waals surface area (Å²) in [6.45, 7) is 0. The number of benzene rings is 1. The topological polar surface area (TPSA) is 95.1 Å². The van der Waals surface area contributed by atoms with Gasteiger partial charge in [0.25, 0.3) is 5.91 Å². The van der Waals surface area contributed by atoms with E-state index in [1.807, 2.05) is 0 Å². The predicted molar refractivity (Wildman–Crippen MR) is 128 cm³/mol. The number of imidazole rings is 1. The minimum Gasteiger partial charge on any atom is -0.478 e. The van der Waals surface area contributed by atoms with Crippen LogP contribution in [0.3, 0.4) is 0 Å². The summed E-state index contributed by atoms with van der Waals surface area (Å²) >= 11 is 0. The molecule has 6 nitrogen and oxygen atoms in total. The van der Waals surface area contributed by atoms with Gasteiger partial charge in [-0.2, -0.15) is 0 Å². The molecular weight excluding hydrogens is 414 g/mol. The molecule has 1 aromatic heterocycles. The third-order valence-corrected chi connectivity index (χ3v) is 8.53. The predicted octanol–water partition coefficient (Wildman–Crippen LogP) is 6.31. The molecule has 3 N–H and O–H groups in total. The van der Waals surface area contributed by atoms with Gasteiger partial charge in [0.15, 0.2) is 0 Å². The summed E-state index contributed by atoms with van der Waals surface area (Å²) in [5, 5.41) is 12.2. The molecule has 4 saturated carbocycles. The van der Waals surface area contributed by atoms with Crippen molar-refractivity contribution in [3.05, 3.63) is 47.0 Å². The lowest BCUT2D eigenvalue weighted by molar-refractivity contribution is 0.0567. The number of aromatic amines is 1. The van der Waals surface area contributed by atoms with Crippen LogP contribution in [-0.2, 0) is 6.42 Å². The number of carbonyl (C=O) groups is 2. The van der Waals surface area contributed by atoms with E-state index in [0.717, 1.165) is 43.1 Å². The zero-order valence-electron chi connectivity index (χ0n) is 19.4. The van der Waals surface area contributed by atoms with Crippen molar-refractivity contribution in [2.75, 3.05) is 5.32 Å². The molecular formula is C27H35N3O3. The number of H-pyrrole nitrogens is 1. The Labute approximate surface area is 195 Å². The van der Waals surface area contributed by atoms with Crippen LogP contribution in [-0.4, -0.2) is 27.0 Å². The maximum Gasteiger partial charge on any atom is 0.335 e. The second-order valence-electron chi connectivity index (χ2n) is 10.6. The Morgan fingerprint density at radius 3 is 2.48 bits per heavy atom. The van der Waals surface area contributed by atoms with E-state index in [1.165, 1.54) is 69.9 Å². The molecule has 0 unspecified atom stereocenters. The van der Waals surface area contributed by atoms with Crippen LogP contribution in [0.25, 0.3) is 0 Å². The van der Waals surface area contributed by atoms with Crippen LogP contribution in [0.2, 0.25) is 0 Å². The number of carboxylic acid groups (broad SMARTS) is 1. The Hall–Kier alpha value is -2.63. The fourth-order valence-electron chi connectivity index (χ4n) is 6.39. The maximum atomic E-state index is 13.3. The molecule has 33 heavy (non-hydrogen) atoms. The van der Waals surface area contributed by atoms with Crippen molar-refractivity contribution in [1.82, 2.24) is 9.97 Å². The first kappa shape index (κ1) is 22.2. The minimum absolute atomic E-state index is 0.157. The Balaban J connectivity index is 1.37. The molecule has 1 aromatic carbocycles. The van der Waals surface area contributed by atoms with Gasteiger partial charge in [0.2, 0.25) is 0 Å². The minimum atomic E-state index is -1.01. The third kappa shape index (κ3) is 4.85. The highest BCUT2D eigenvalue weighted by Gasteiger charge is 2.40. The number of hydrogen-bond donors (Lipinski definition) is 3. The van der Waals surface area contributed by atoms with Gasteiger partial charge in [-0.3, -0.25) is 4.79 Å². The normalized spacial score (nSPS) is 25.2. The van der Waals surface area contributed by atoms with E-state index in [1.54, 1.807) is 12.1 Å². The highest BCUT2D eigenvalue weighted by molar-refractivity contribution is 6.04. The molecule has 0 spiro atoms. The van der Waals surface area contributed by atoms with E-state index in [2.05, 4.69) is 10.3 Å². The Morgan fingerprint density at radius 2 is 1.79 bits per heavy atom. The van der Waals surface area contributed by atoms with Crippen molar-refractivity contribution in [1.29, 1.82) is 0 Å². The summed E-state index contributed by atoms with van der Waals surface area (Å²) in [6.07, 6.45) is 16.0. The van der Waals surface area contributed by atoms with E-state index in [0.29, 0.717) is 22.7 Å². The van der Waals surface area contributed by atoms with Gasteiger partial charge in [0.05, 0.1) is 5.56 Å². The lowest BCUT2D eigenvalue weighted by Gasteiger charge is -2.46. The van der Waals surface area contributed by atoms with Crippen LogP contribution in [0.15, 0.2) is 24.3 Å². The number of nitrogens with one attached hydrogen (secondary N) is 2. The number of aryl methyl sites for hydroxylation is 1. The quantitative estimate of drug-likeness (QED) is 0.461. The van der Waals surface area contributed by atoms with Crippen LogP contribution < -0.4 is 5.32 Å². The fraction of sp³-hybridized carbons (Fsp3) is 0.593. The molecule has 0 aliphatic heterocycles. The number of hydrogen-bond acceptors (Lipinski definition) is 3.